The quantitative estimate of drug-likeness (QED) is 0.332. The summed E-state index contributed by atoms with van der Waals surface area (Å²) in [5.41, 5.74) is 6.93. The van der Waals surface area contributed by atoms with E-state index in [4.69, 9.17) is 4.98 Å². The number of anilines is 1. The van der Waals surface area contributed by atoms with E-state index >= 15 is 0 Å². The molecule has 196 valence electrons. The molecular formula is C28H33N9O. The van der Waals surface area contributed by atoms with E-state index in [-0.39, 0.29) is 5.91 Å². The number of fused-ring (bicyclic) bond motifs is 2. The molecule has 10 heteroatoms. The van der Waals surface area contributed by atoms with Crippen molar-refractivity contribution in [3.05, 3.63) is 54.1 Å². The fourth-order valence-corrected chi connectivity index (χ4v) is 4.82. The number of dihydropyridines is 1. The molecule has 0 unspecified atom stereocenters. The van der Waals surface area contributed by atoms with Crippen molar-refractivity contribution in [2.45, 2.75) is 20.8 Å². The summed E-state index contributed by atoms with van der Waals surface area (Å²) in [5.74, 6) is 0.700. The van der Waals surface area contributed by atoms with Gasteiger partial charge in [-0.25, -0.2) is 4.98 Å². The van der Waals surface area contributed by atoms with Crippen LogP contribution in [0.15, 0.2) is 48.6 Å². The highest BCUT2D eigenvalue weighted by Crippen LogP contribution is 2.32. The fourth-order valence-electron chi connectivity index (χ4n) is 4.82. The zero-order valence-electron chi connectivity index (χ0n) is 22.2. The van der Waals surface area contributed by atoms with Crippen molar-refractivity contribution in [2.75, 3.05) is 44.7 Å². The highest BCUT2D eigenvalue weighted by atomic mass is 16.2. The maximum Gasteiger partial charge on any atom is 0.229 e. The number of likely N-dealkylation sites (N-methyl/N-ethyl adjacent to an activating group) is 1. The van der Waals surface area contributed by atoms with Crippen molar-refractivity contribution >= 4 is 39.1 Å². The Balaban J connectivity index is 1.33. The molecule has 4 N–H and O–H groups in total. The molecule has 2 aliphatic rings. The normalized spacial score (nSPS) is 16.9. The van der Waals surface area contributed by atoms with Gasteiger partial charge >= 0.3 is 0 Å². The summed E-state index contributed by atoms with van der Waals surface area (Å²) in [5, 5.41) is 15.1. The number of hydrogen-bond acceptors (Lipinski definition) is 7. The maximum absolute atomic E-state index is 12.5. The van der Waals surface area contributed by atoms with Gasteiger partial charge in [0.2, 0.25) is 5.91 Å². The van der Waals surface area contributed by atoms with Crippen LogP contribution in [0.2, 0.25) is 0 Å². The van der Waals surface area contributed by atoms with Gasteiger partial charge in [0.25, 0.3) is 0 Å². The van der Waals surface area contributed by atoms with Crippen LogP contribution < -0.4 is 15.5 Å². The Kier molecular flexibility index (Phi) is 5.91. The number of benzene rings is 1. The Morgan fingerprint density at radius 1 is 1.08 bits per heavy atom. The molecule has 1 fully saturated rings. The number of aromatic nitrogens is 5. The molecule has 0 spiro atoms. The lowest BCUT2D eigenvalue weighted by molar-refractivity contribution is -0.127. The first-order valence-electron chi connectivity index (χ1n) is 13.0. The number of rotatable bonds is 4. The van der Waals surface area contributed by atoms with Gasteiger partial charge in [-0.3, -0.25) is 14.9 Å². The van der Waals surface area contributed by atoms with Gasteiger partial charge in [-0.15, -0.1) is 0 Å². The third-order valence-corrected chi connectivity index (χ3v) is 7.17. The van der Waals surface area contributed by atoms with Gasteiger partial charge in [-0.05, 0) is 36.4 Å². The number of carbonyl (C=O) groups excluding carboxylic acids is 1. The summed E-state index contributed by atoms with van der Waals surface area (Å²) in [4.78, 5) is 30.1. The molecule has 0 radical (unpaired) electrons. The molecule has 1 amide bonds. The van der Waals surface area contributed by atoms with Crippen LogP contribution in [0.1, 0.15) is 26.3 Å². The Labute approximate surface area is 221 Å². The summed E-state index contributed by atoms with van der Waals surface area (Å²) in [6, 6.07) is 6.19. The Morgan fingerprint density at radius 3 is 2.68 bits per heavy atom. The molecular weight excluding hydrogens is 478 g/mol. The first-order valence-corrected chi connectivity index (χ1v) is 13.0. The predicted octanol–water partition coefficient (Wildman–Crippen LogP) is 3.24. The summed E-state index contributed by atoms with van der Waals surface area (Å²) < 4.78 is 0. The number of allylic oxidation sites excluding steroid dienone is 2. The number of amides is 1. The van der Waals surface area contributed by atoms with Crippen LogP contribution in [0.25, 0.3) is 39.0 Å². The lowest BCUT2D eigenvalue weighted by Crippen LogP contribution is -2.44. The zero-order valence-corrected chi connectivity index (χ0v) is 22.2. The van der Waals surface area contributed by atoms with Gasteiger partial charge in [0, 0.05) is 48.9 Å². The van der Waals surface area contributed by atoms with E-state index in [0.29, 0.717) is 12.4 Å². The van der Waals surface area contributed by atoms with Crippen LogP contribution in [-0.4, -0.2) is 75.7 Å². The average molecular weight is 512 g/mol. The minimum atomic E-state index is -0.459. The molecule has 5 heterocycles. The Bertz CT molecular complexity index is 1580. The molecule has 1 aromatic carbocycles. The monoisotopic (exact) mass is 511 g/mol. The molecule has 0 bridgehead atoms. The van der Waals surface area contributed by atoms with Gasteiger partial charge < -0.3 is 25.4 Å². The lowest BCUT2D eigenvalue weighted by atomic mass is 9.95. The number of piperazine rings is 1. The molecule has 10 nitrogen and oxygen atoms in total. The maximum atomic E-state index is 12.5. The standard InChI is InChI=1S/C28H33N9O/c1-28(2,3)27(38)31-19-11-18(13-29-14-19)17-5-6-21-20(12-17)24(35-34-21)26-32-22-15-30-16-23(25(22)33-26)37-9-7-36(4)8-10-37/h5-6,11-13,15-16,29H,7-10,14H2,1-4H3,(H,31,38)(H,32,33)(H,34,35). The van der Waals surface area contributed by atoms with E-state index in [1.165, 1.54) is 0 Å². The molecule has 0 atom stereocenters. The average Bonchev–Trinajstić information content (AvgIpc) is 3.52. The van der Waals surface area contributed by atoms with E-state index in [1.807, 2.05) is 51.5 Å². The number of imidazole rings is 1. The largest absolute Gasteiger partial charge is 0.385 e. The van der Waals surface area contributed by atoms with E-state index in [1.54, 1.807) is 0 Å². The minimum Gasteiger partial charge on any atom is -0.385 e. The molecule has 38 heavy (non-hydrogen) atoms. The minimum absolute atomic E-state index is 0.00492. The fraction of sp³-hybridized carbons (Fsp3) is 0.357. The summed E-state index contributed by atoms with van der Waals surface area (Å²) in [7, 11) is 2.15. The molecule has 3 aromatic heterocycles. The summed E-state index contributed by atoms with van der Waals surface area (Å²) in [6.07, 6.45) is 7.73. The van der Waals surface area contributed by atoms with Crippen LogP contribution in [0, 0.1) is 5.41 Å². The number of aromatic amines is 2. The van der Waals surface area contributed by atoms with Crippen molar-refractivity contribution in [1.29, 1.82) is 0 Å². The third kappa shape index (κ3) is 4.51. The second-order valence-corrected chi connectivity index (χ2v) is 11.1. The lowest BCUT2D eigenvalue weighted by Gasteiger charge is -2.33. The summed E-state index contributed by atoms with van der Waals surface area (Å²) >= 11 is 0. The number of pyridine rings is 1. The SMILES string of the molecule is CN1CCN(c2cncc3[nH]c(-c4n[nH]c5ccc(C6=CNCC(NC(=O)C(C)(C)C)=C6)cc45)nc23)CC1. The Hall–Kier alpha value is -4.18. The van der Waals surface area contributed by atoms with Crippen molar-refractivity contribution in [2.24, 2.45) is 5.41 Å². The number of nitrogens with one attached hydrogen (secondary N) is 4. The van der Waals surface area contributed by atoms with E-state index in [2.05, 4.69) is 59.8 Å². The first-order chi connectivity index (χ1) is 18.3. The Morgan fingerprint density at radius 2 is 1.89 bits per heavy atom. The van der Waals surface area contributed by atoms with Gasteiger partial charge in [-0.2, -0.15) is 5.10 Å². The van der Waals surface area contributed by atoms with Gasteiger partial charge in [0.15, 0.2) is 5.82 Å². The van der Waals surface area contributed by atoms with Crippen LogP contribution in [-0.2, 0) is 4.79 Å². The number of nitrogens with zero attached hydrogens (tertiary/aromatic N) is 5. The van der Waals surface area contributed by atoms with Gasteiger partial charge in [0.05, 0.1) is 35.7 Å². The highest BCUT2D eigenvalue weighted by Gasteiger charge is 2.23. The topological polar surface area (TPSA) is 118 Å². The number of H-pyrrole nitrogens is 2. The van der Waals surface area contributed by atoms with E-state index in [9.17, 15) is 4.79 Å². The molecule has 1 saturated heterocycles. The van der Waals surface area contributed by atoms with E-state index in [0.717, 1.165) is 76.3 Å². The predicted molar refractivity (Wildman–Crippen MR) is 150 cm³/mol. The van der Waals surface area contributed by atoms with Crippen molar-refractivity contribution in [3.63, 3.8) is 0 Å². The van der Waals surface area contributed by atoms with Crippen LogP contribution in [0.5, 0.6) is 0 Å². The van der Waals surface area contributed by atoms with Gasteiger partial charge in [-0.1, -0.05) is 26.8 Å². The molecule has 0 saturated carbocycles. The van der Waals surface area contributed by atoms with Crippen molar-refractivity contribution in [3.8, 4) is 11.5 Å². The molecule has 6 rings (SSSR count). The first kappa shape index (κ1) is 24.2. The second-order valence-electron chi connectivity index (χ2n) is 11.1. The van der Waals surface area contributed by atoms with E-state index < -0.39 is 5.41 Å². The third-order valence-electron chi connectivity index (χ3n) is 7.17. The zero-order chi connectivity index (χ0) is 26.4. The highest BCUT2D eigenvalue weighted by molar-refractivity contribution is 5.97. The molecule has 4 aromatic rings. The van der Waals surface area contributed by atoms with Crippen molar-refractivity contribution < 1.29 is 4.79 Å². The van der Waals surface area contributed by atoms with Crippen molar-refractivity contribution in [1.82, 2.24) is 40.7 Å². The second kappa shape index (κ2) is 9.29. The molecule has 2 aliphatic heterocycles. The number of carbonyl (C=O) groups is 1. The smallest absolute Gasteiger partial charge is 0.229 e. The van der Waals surface area contributed by atoms with Crippen LogP contribution in [0.3, 0.4) is 0 Å². The number of hydrogen-bond donors (Lipinski definition) is 4. The van der Waals surface area contributed by atoms with Crippen LogP contribution >= 0.6 is 0 Å². The summed E-state index contributed by atoms with van der Waals surface area (Å²) in [6.45, 7) is 10.2. The molecule has 0 aliphatic carbocycles. The van der Waals surface area contributed by atoms with Gasteiger partial charge in [0.1, 0.15) is 11.2 Å². The van der Waals surface area contributed by atoms with Crippen LogP contribution in [0.4, 0.5) is 5.69 Å².